The lowest BCUT2D eigenvalue weighted by Gasteiger charge is -2.25. The Morgan fingerprint density at radius 3 is 3.14 bits per heavy atom. The van der Waals surface area contributed by atoms with E-state index in [4.69, 9.17) is 5.73 Å². The Morgan fingerprint density at radius 1 is 1.50 bits per heavy atom. The molecule has 3 heteroatoms. The number of hydrogen-bond donors (Lipinski definition) is 1. The molecule has 1 aromatic rings. The molecule has 1 aromatic carbocycles. The summed E-state index contributed by atoms with van der Waals surface area (Å²) in [6, 6.07) is 6.49. The molecule has 1 unspecified atom stereocenters. The van der Waals surface area contributed by atoms with Crippen molar-refractivity contribution >= 4 is 27.7 Å². The zero-order valence-corrected chi connectivity index (χ0v) is 10.4. The van der Waals surface area contributed by atoms with Crippen molar-refractivity contribution in [2.75, 3.05) is 12.3 Å². The highest BCUT2D eigenvalue weighted by Crippen LogP contribution is 2.42. The van der Waals surface area contributed by atoms with Crippen LogP contribution in [0.15, 0.2) is 27.6 Å². The topological polar surface area (TPSA) is 26.0 Å². The van der Waals surface area contributed by atoms with Crippen LogP contribution in [-0.2, 0) is 0 Å². The highest BCUT2D eigenvalue weighted by molar-refractivity contribution is 9.10. The molecule has 0 spiro atoms. The molecular weight excluding hydrogens is 258 g/mol. The van der Waals surface area contributed by atoms with E-state index >= 15 is 0 Å². The van der Waals surface area contributed by atoms with Gasteiger partial charge in [-0.1, -0.05) is 12.1 Å². The van der Waals surface area contributed by atoms with Crippen molar-refractivity contribution in [3.63, 3.8) is 0 Å². The maximum absolute atomic E-state index is 5.64. The fourth-order valence-electron chi connectivity index (χ4n) is 1.96. The molecule has 0 amide bonds. The van der Waals surface area contributed by atoms with Crippen molar-refractivity contribution in [1.82, 2.24) is 0 Å². The lowest BCUT2D eigenvalue weighted by Crippen LogP contribution is -2.12. The molecule has 0 saturated heterocycles. The van der Waals surface area contributed by atoms with Gasteiger partial charge < -0.3 is 5.73 Å². The Hall–Kier alpha value is 0.0100. The Morgan fingerprint density at radius 2 is 2.36 bits per heavy atom. The number of fused-ring (bicyclic) bond motifs is 1. The van der Waals surface area contributed by atoms with Gasteiger partial charge in [-0.15, -0.1) is 11.8 Å². The molecule has 1 atom stereocenters. The molecule has 76 valence electrons. The van der Waals surface area contributed by atoms with Gasteiger partial charge in [0.25, 0.3) is 0 Å². The number of halogens is 1. The molecule has 0 bridgehead atoms. The number of hydrogen-bond acceptors (Lipinski definition) is 2. The molecular formula is C11H14BrNS. The minimum absolute atomic E-state index is 0.675. The third-order valence-electron chi connectivity index (χ3n) is 2.67. The van der Waals surface area contributed by atoms with Crippen LogP contribution in [0.5, 0.6) is 0 Å². The van der Waals surface area contributed by atoms with Crippen LogP contribution in [0.25, 0.3) is 0 Å². The Labute approximate surface area is 97.6 Å². The second kappa shape index (κ2) is 4.69. The van der Waals surface area contributed by atoms with Crippen molar-refractivity contribution in [3.8, 4) is 0 Å². The highest BCUT2D eigenvalue weighted by Gasteiger charge is 2.21. The van der Waals surface area contributed by atoms with Crippen molar-refractivity contribution in [2.45, 2.75) is 23.7 Å². The second-order valence-corrected chi connectivity index (χ2v) is 5.53. The lowest BCUT2D eigenvalue weighted by molar-refractivity contribution is 0.601. The number of nitrogens with two attached hydrogens (primary N) is 1. The van der Waals surface area contributed by atoms with E-state index in [0.717, 1.165) is 13.0 Å². The molecule has 0 radical (unpaired) electrons. The Kier molecular flexibility index (Phi) is 3.52. The Balaban J connectivity index is 2.34. The zero-order chi connectivity index (χ0) is 9.97. The summed E-state index contributed by atoms with van der Waals surface area (Å²) in [5.74, 6) is 1.90. The van der Waals surface area contributed by atoms with Gasteiger partial charge in [-0.05, 0) is 58.6 Å². The predicted molar refractivity (Wildman–Crippen MR) is 65.9 cm³/mol. The summed E-state index contributed by atoms with van der Waals surface area (Å²) in [7, 11) is 0. The molecule has 14 heavy (non-hydrogen) atoms. The first-order valence-electron chi connectivity index (χ1n) is 4.94. The minimum atomic E-state index is 0.675. The van der Waals surface area contributed by atoms with Gasteiger partial charge in [0.1, 0.15) is 0 Å². The van der Waals surface area contributed by atoms with Crippen LogP contribution < -0.4 is 5.73 Å². The van der Waals surface area contributed by atoms with Gasteiger partial charge in [-0.2, -0.15) is 0 Å². The van der Waals surface area contributed by atoms with Gasteiger partial charge in [-0.25, -0.2) is 0 Å². The van der Waals surface area contributed by atoms with Crippen molar-refractivity contribution in [1.29, 1.82) is 0 Å². The normalized spacial score (nSPS) is 20.6. The summed E-state index contributed by atoms with van der Waals surface area (Å²) in [5.41, 5.74) is 7.12. The van der Waals surface area contributed by atoms with Gasteiger partial charge in [0.2, 0.25) is 0 Å². The van der Waals surface area contributed by atoms with Crippen molar-refractivity contribution < 1.29 is 0 Å². The predicted octanol–water partition coefficient (Wildman–Crippen LogP) is 3.38. The molecule has 0 saturated carbocycles. The summed E-state index contributed by atoms with van der Waals surface area (Å²) >= 11 is 5.57. The van der Waals surface area contributed by atoms with Crippen molar-refractivity contribution in [2.24, 2.45) is 5.73 Å². The molecule has 2 N–H and O–H groups in total. The maximum Gasteiger partial charge on any atom is 0.0314 e. The van der Waals surface area contributed by atoms with Crippen LogP contribution >= 0.6 is 27.7 Å². The average molecular weight is 272 g/mol. The van der Waals surface area contributed by atoms with E-state index in [-0.39, 0.29) is 0 Å². The lowest BCUT2D eigenvalue weighted by atomic mass is 9.93. The average Bonchev–Trinajstić information content (AvgIpc) is 2.20. The summed E-state index contributed by atoms with van der Waals surface area (Å²) in [6.07, 6.45) is 2.38. The molecule has 1 aliphatic rings. The Bertz CT molecular complexity index is 327. The fraction of sp³-hybridized carbons (Fsp3) is 0.455. The van der Waals surface area contributed by atoms with Crippen molar-refractivity contribution in [3.05, 3.63) is 28.2 Å². The molecule has 1 heterocycles. The van der Waals surface area contributed by atoms with E-state index in [2.05, 4.69) is 34.1 Å². The van der Waals surface area contributed by atoms with E-state index in [9.17, 15) is 0 Å². The SMILES string of the molecule is NCCC1CCSc2c(Br)cccc21. The van der Waals surface area contributed by atoms with E-state index in [1.807, 2.05) is 11.8 Å². The van der Waals surface area contributed by atoms with Crippen LogP contribution in [0.1, 0.15) is 24.3 Å². The molecule has 0 aliphatic carbocycles. The standard InChI is InChI=1S/C11H14BrNS/c12-10-3-1-2-9-8(4-6-13)5-7-14-11(9)10/h1-3,8H,4-7,13H2. The van der Waals surface area contributed by atoms with Gasteiger partial charge in [0.15, 0.2) is 0 Å². The molecule has 0 aromatic heterocycles. The summed E-state index contributed by atoms with van der Waals surface area (Å²) < 4.78 is 1.24. The van der Waals surface area contributed by atoms with E-state index in [0.29, 0.717) is 5.92 Å². The maximum atomic E-state index is 5.64. The third kappa shape index (κ3) is 2.00. The van der Waals surface area contributed by atoms with E-state index < -0.39 is 0 Å². The zero-order valence-electron chi connectivity index (χ0n) is 8.00. The van der Waals surface area contributed by atoms with Crippen LogP contribution in [0, 0.1) is 0 Å². The van der Waals surface area contributed by atoms with Crippen LogP contribution in [-0.4, -0.2) is 12.3 Å². The van der Waals surface area contributed by atoms with Gasteiger partial charge in [-0.3, -0.25) is 0 Å². The van der Waals surface area contributed by atoms with Gasteiger partial charge >= 0.3 is 0 Å². The van der Waals surface area contributed by atoms with Crippen LogP contribution in [0.2, 0.25) is 0 Å². The fourth-order valence-corrected chi connectivity index (χ4v) is 3.90. The van der Waals surface area contributed by atoms with Crippen LogP contribution in [0.3, 0.4) is 0 Å². The first-order valence-corrected chi connectivity index (χ1v) is 6.72. The largest absolute Gasteiger partial charge is 0.330 e. The quantitative estimate of drug-likeness (QED) is 0.893. The monoisotopic (exact) mass is 271 g/mol. The second-order valence-electron chi connectivity index (χ2n) is 3.57. The molecule has 2 rings (SSSR count). The minimum Gasteiger partial charge on any atom is -0.330 e. The number of rotatable bonds is 2. The third-order valence-corrected chi connectivity index (χ3v) is 4.77. The van der Waals surface area contributed by atoms with Gasteiger partial charge in [0, 0.05) is 9.37 Å². The molecule has 0 fully saturated rings. The number of thioether (sulfide) groups is 1. The summed E-state index contributed by atoms with van der Waals surface area (Å²) in [6.45, 7) is 0.793. The molecule has 1 aliphatic heterocycles. The number of benzene rings is 1. The summed E-state index contributed by atoms with van der Waals surface area (Å²) in [4.78, 5) is 1.43. The first kappa shape index (κ1) is 10.5. The highest BCUT2D eigenvalue weighted by atomic mass is 79.9. The summed E-state index contributed by atoms with van der Waals surface area (Å²) in [5, 5.41) is 0. The molecule has 1 nitrogen and oxygen atoms in total. The van der Waals surface area contributed by atoms with Gasteiger partial charge in [0.05, 0.1) is 0 Å². The van der Waals surface area contributed by atoms with E-state index in [1.165, 1.54) is 27.1 Å². The van der Waals surface area contributed by atoms with E-state index in [1.54, 1.807) is 0 Å². The van der Waals surface area contributed by atoms with Crippen LogP contribution in [0.4, 0.5) is 0 Å². The first-order chi connectivity index (χ1) is 6.83. The smallest absolute Gasteiger partial charge is 0.0314 e.